The highest BCUT2D eigenvalue weighted by molar-refractivity contribution is 5.93. The van der Waals surface area contributed by atoms with E-state index in [1.54, 1.807) is 17.9 Å². The largest absolute Gasteiger partial charge is 0.390 e. The lowest BCUT2D eigenvalue weighted by Crippen LogP contribution is -2.56. The molecule has 0 spiro atoms. The number of aliphatic hydroxyl groups excluding tert-OH is 1. The van der Waals surface area contributed by atoms with Crippen molar-refractivity contribution < 1.29 is 14.7 Å². The van der Waals surface area contributed by atoms with Crippen LogP contribution in [-0.2, 0) is 17.8 Å². The van der Waals surface area contributed by atoms with Gasteiger partial charge in [-0.25, -0.2) is 9.97 Å². The van der Waals surface area contributed by atoms with Crippen LogP contribution in [0.1, 0.15) is 47.8 Å². The molecule has 1 aromatic heterocycles. The number of rotatable bonds is 4. The Morgan fingerprint density at radius 2 is 1.86 bits per heavy atom. The Bertz CT molecular complexity index is 1080. The van der Waals surface area contributed by atoms with Gasteiger partial charge in [-0.2, -0.15) is 0 Å². The summed E-state index contributed by atoms with van der Waals surface area (Å²) >= 11 is 0. The first kappa shape index (κ1) is 23.7. The van der Waals surface area contributed by atoms with Crippen molar-refractivity contribution in [2.45, 2.75) is 57.3 Å². The van der Waals surface area contributed by atoms with Crippen molar-refractivity contribution in [3.8, 4) is 0 Å². The summed E-state index contributed by atoms with van der Waals surface area (Å²) in [5.41, 5.74) is 3.04. The molecule has 2 aromatic rings. The van der Waals surface area contributed by atoms with Crippen LogP contribution in [-0.4, -0.2) is 92.5 Å². The monoisotopic (exact) mass is 478 g/mol. The highest BCUT2D eigenvalue weighted by Crippen LogP contribution is 2.26. The van der Waals surface area contributed by atoms with Gasteiger partial charge in [0.15, 0.2) is 0 Å². The summed E-state index contributed by atoms with van der Waals surface area (Å²) in [6, 6.07) is 10.3. The fourth-order valence-corrected chi connectivity index (χ4v) is 5.64. The molecule has 9 nitrogen and oxygen atoms in total. The Kier molecular flexibility index (Phi) is 6.97. The van der Waals surface area contributed by atoms with E-state index in [1.807, 2.05) is 4.90 Å². The number of carbonyl (C=O) groups excluding carboxylic acids is 2. The highest BCUT2D eigenvalue weighted by Gasteiger charge is 2.35. The number of carbonyl (C=O) groups is 2. The van der Waals surface area contributed by atoms with Gasteiger partial charge in [0.1, 0.15) is 17.8 Å². The third kappa shape index (κ3) is 5.31. The van der Waals surface area contributed by atoms with Gasteiger partial charge in [0.05, 0.1) is 6.10 Å². The Morgan fingerprint density at radius 3 is 2.66 bits per heavy atom. The van der Waals surface area contributed by atoms with Crippen LogP contribution >= 0.6 is 0 Å². The van der Waals surface area contributed by atoms with Crippen LogP contribution in [0.5, 0.6) is 0 Å². The number of nitrogens with zero attached hydrogens (tertiary/aromatic N) is 5. The fraction of sp³-hybridized carbons (Fsp3) is 0.538. The zero-order valence-electron chi connectivity index (χ0n) is 20.3. The maximum absolute atomic E-state index is 13.2. The number of fused-ring (bicyclic) bond motifs is 1. The van der Waals surface area contributed by atoms with Crippen LogP contribution in [0.3, 0.4) is 0 Å². The number of benzene rings is 1. The molecule has 1 aromatic carbocycles. The SMILES string of the molecule is CC(=O)N1CCCC(Nc2cc(C(=O)N3CC[C@@H](N4CCc5ccccc5C4)[C@H](O)C3)ncn2)C1. The number of aromatic nitrogens is 2. The lowest BCUT2D eigenvalue weighted by molar-refractivity contribution is -0.129. The molecule has 0 aliphatic carbocycles. The minimum Gasteiger partial charge on any atom is -0.390 e. The summed E-state index contributed by atoms with van der Waals surface area (Å²) in [6.45, 7) is 5.65. The molecule has 35 heavy (non-hydrogen) atoms. The maximum Gasteiger partial charge on any atom is 0.272 e. The molecule has 0 saturated carbocycles. The predicted molar refractivity (Wildman–Crippen MR) is 132 cm³/mol. The zero-order valence-corrected chi connectivity index (χ0v) is 20.3. The van der Waals surface area contributed by atoms with Crippen LogP contribution in [0.2, 0.25) is 0 Å². The smallest absolute Gasteiger partial charge is 0.272 e. The van der Waals surface area contributed by atoms with Gasteiger partial charge in [0.2, 0.25) is 5.91 Å². The Balaban J connectivity index is 1.19. The number of likely N-dealkylation sites (tertiary alicyclic amines) is 2. The van der Waals surface area contributed by atoms with Crippen molar-refractivity contribution in [2.75, 3.05) is 38.0 Å². The highest BCUT2D eigenvalue weighted by atomic mass is 16.3. The first-order valence-corrected chi connectivity index (χ1v) is 12.6. The molecule has 0 radical (unpaired) electrons. The first-order valence-electron chi connectivity index (χ1n) is 12.6. The molecule has 1 unspecified atom stereocenters. The molecule has 2 amide bonds. The second-order valence-electron chi connectivity index (χ2n) is 9.90. The molecular weight excluding hydrogens is 444 g/mol. The number of amides is 2. The van der Waals surface area contributed by atoms with Crippen molar-refractivity contribution in [2.24, 2.45) is 0 Å². The molecular formula is C26H34N6O3. The third-order valence-electron chi connectivity index (χ3n) is 7.57. The molecule has 2 fully saturated rings. The summed E-state index contributed by atoms with van der Waals surface area (Å²) in [4.78, 5) is 39.3. The molecule has 186 valence electrons. The molecule has 2 saturated heterocycles. The lowest BCUT2D eigenvalue weighted by Gasteiger charge is -2.43. The summed E-state index contributed by atoms with van der Waals surface area (Å²) in [5, 5.41) is 14.3. The van der Waals surface area contributed by atoms with Gasteiger partial charge >= 0.3 is 0 Å². The van der Waals surface area contributed by atoms with E-state index in [9.17, 15) is 14.7 Å². The van der Waals surface area contributed by atoms with E-state index in [4.69, 9.17) is 0 Å². The topological polar surface area (TPSA) is 102 Å². The number of anilines is 1. The lowest BCUT2D eigenvalue weighted by atomic mass is 9.94. The minimum atomic E-state index is -0.600. The summed E-state index contributed by atoms with van der Waals surface area (Å²) in [5.74, 6) is 0.470. The Hall–Kier alpha value is -3.04. The second kappa shape index (κ2) is 10.3. The van der Waals surface area contributed by atoms with Gasteiger partial charge in [-0.1, -0.05) is 24.3 Å². The quantitative estimate of drug-likeness (QED) is 0.687. The van der Waals surface area contributed by atoms with Crippen LogP contribution in [0.15, 0.2) is 36.7 Å². The van der Waals surface area contributed by atoms with Gasteiger partial charge in [0.25, 0.3) is 5.91 Å². The average Bonchev–Trinajstić information content (AvgIpc) is 2.88. The van der Waals surface area contributed by atoms with E-state index in [0.717, 1.165) is 45.3 Å². The zero-order chi connectivity index (χ0) is 24.4. The number of piperidine rings is 2. The number of aliphatic hydroxyl groups is 1. The first-order chi connectivity index (χ1) is 17.0. The summed E-state index contributed by atoms with van der Waals surface area (Å²) < 4.78 is 0. The van der Waals surface area contributed by atoms with E-state index in [2.05, 4.69) is 44.5 Å². The Labute approximate surface area is 206 Å². The predicted octanol–water partition coefficient (Wildman–Crippen LogP) is 1.53. The van der Waals surface area contributed by atoms with Crippen molar-refractivity contribution in [1.29, 1.82) is 0 Å². The molecule has 3 aliphatic rings. The van der Waals surface area contributed by atoms with Crippen molar-refractivity contribution in [1.82, 2.24) is 24.7 Å². The van der Waals surface area contributed by atoms with E-state index in [1.165, 1.54) is 17.5 Å². The number of β-amino-alcohol motifs (C(OH)–C–C–N with tert-alkyl or cyclic N) is 1. The second-order valence-corrected chi connectivity index (χ2v) is 9.90. The maximum atomic E-state index is 13.2. The normalized spacial score (nSPS) is 25.1. The van der Waals surface area contributed by atoms with Crippen molar-refractivity contribution >= 4 is 17.6 Å². The van der Waals surface area contributed by atoms with Crippen molar-refractivity contribution in [3.63, 3.8) is 0 Å². The number of hydrogen-bond acceptors (Lipinski definition) is 7. The summed E-state index contributed by atoms with van der Waals surface area (Å²) in [7, 11) is 0. The van der Waals surface area contributed by atoms with Gasteiger partial charge < -0.3 is 20.2 Å². The van der Waals surface area contributed by atoms with Crippen LogP contribution in [0.25, 0.3) is 0 Å². The van der Waals surface area contributed by atoms with Crippen LogP contribution < -0.4 is 5.32 Å². The van der Waals surface area contributed by atoms with E-state index >= 15 is 0 Å². The van der Waals surface area contributed by atoms with Crippen molar-refractivity contribution in [3.05, 3.63) is 53.5 Å². The molecule has 3 atom stereocenters. The standard InChI is InChI=1S/C26H34N6O3/c1-18(33)30-10-4-7-21(15-30)29-25-13-22(27-17-28-25)26(35)32-12-9-23(24(34)16-32)31-11-8-19-5-2-3-6-20(19)14-31/h2-3,5-6,13,17,21,23-24,34H,4,7-12,14-16H2,1H3,(H,27,28,29)/t21?,23-,24-/m1/s1. The molecule has 9 heteroatoms. The van der Waals surface area contributed by atoms with Crippen LogP contribution in [0, 0.1) is 0 Å². The van der Waals surface area contributed by atoms with E-state index in [-0.39, 0.29) is 23.9 Å². The third-order valence-corrected chi connectivity index (χ3v) is 7.57. The Morgan fingerprint density at radius 1 is 1.03 bits per heavy atom. The molecule has 2 N–H and O–H groups in total. The van der Waals surface area contributed by atoms with E-state index < -0.39 is 6.10 Å². The number of nitrogens with one attached hydrogen (secondary N) is 1. The van der Waals surface area contributed by atoms with Crippen LogP contribution in [0.4, 0.5) is 5.82 Å². The van der Waals surface area contributed by atoms with Gasteiger partial charge in [0, 0.05) is 64.3 Å². The average molecular weight is 479 g/mol. The van der Waals surface area contributed by atoms with E-state index in [0.29, 0.717) is 31.1 Å². The molecule has 4 heterocycles. The summed E-state index contributed by atoms with van der Waals surface area (Å²) in [6.07, 6.45) is 4.40. The van der Waals surface area contributed by atoms with Gasteiger partial charge in [-0.3, -0.25) is 14.5 Å². The van der Waals surface area contributed by atoms with Gasteiger partial charge in [-0.15, -0.1) is 0 Å². The number of hydrogen-bond donors (Lipinski definition) is 2. The molecule has 3 aliphatic heterocycles. The molecule has 0 bridgehead atoms. The van der Waals surface area contributed by atoms with Gasteiger partial charge in [-0.05, 0) is 36.8 Å². The minimum absolute atomic E-state index is 0.0468. The fourth-order valence-electron chi connectivity index (χ4n) is 5.64. The molecule has 5 rings (SSSR count).